The van der Waals surface area contributed by atoms with Crippen LogP contribution in [-0.4, -0.2) is 41.7 Å². The van der Waals surface area contributed by atoms with Crippen molar-refractivity contribution in [2.75, 3.05) is 0 Å². The Morgan fingerprint density at radius 2 is 1.04 bits per heavy atom. The zero-order chi connectivity index (χ0) is 34.0. The van der Waals surface area contributed by atoms with E-state index in [-0.39, 0.29) is 23.3 Å². The van der Waals surface area contributed by atoms with Crippen molar-refractivity contribution in [3.63, 3.8) is 0 Å². The molecule has 10 rings (SSSR count). The number of benzene rings is 6. The molecule has 0 radical (unpaired) electrons. The number of pyridine rings is 2. The fourth-order valence-corrected chi connectivity index (χ4v) is 6.99. The van der Waals surface area contributed by atoms with E-state index in [1.165, 1.54) is 0 Å². The van der Waals surface area contributed by atoms with Crippen LogP contribution >= 0.6 is 0 Å². The van der Waals surface area contributed by atoms with Crippen LogP contribution in [0.3, 0.4) is 0 Å². The van der Waals surface area contributed by atoms with Gasteiger partial charge < -0.3 is 15.0 Å². The van der Waals surface area contributed by atoms with E-state index < -0.39 is 5.97 Å². The summed E-state index contributed by atoms with van der Waals surface area (Å²) in [6.07, 6.45) is 0. The number of imidazole rings is 2. The molecule has 0 amide bonds. The van der Waals surface area contributed by atoms with Gasteiger partial charge in [0.2, 0.25) is 0 Å². The van der Waals surface area contributed by atoms with E-state index in [9.17, 15) is 24.6 Å². The van der Waals surface area contributed by atoms with Crippen molar-refractivity contribution in [1.29, 1.82) is 0 Å². The minimum Gasteiger partial charge on any atom is -0.478 e. The second kappa shape index (κ2) is 11.2. The lowest BCUT2D eigenvalue weighted by atomic mass is 9.98. The number of carbonyl (C=O) groups excluding carboxylic acids is 1. The normalized spacial score (nSPS) is 11.5. The maximum Gasteiger partial charge on any atom is 0.336 e. The highest BCUT2D eigenvalue weighted by Crippen LogP contribution is 2.33. The first kappa shape index (κ1) is 29.6. The number of fused-ring (bicyclic) bond motifs is 8. The third-order valence-electron chi connectivity index (χ3n) is 9.04. The summed E-state index contributed by atoms with van der Waals surface area (Å²) in [7, 11) is 0. The van der Waals surface area contributed by atoms with Gasteiger partial charge in [0.15, 0.2) is 0 Å². The Labute approximate surface area is 275 Å². The number of carbonyl (C=O) groups is 2. The van der Waals surface area contributed by atoms with E-state index >= 15 is 0 Å². The molecule has 0 aliphatic rings. The molecule has 10 heteroatoms. The molecule has 0 bridgehead atoms. The number of hydrogen-bond donors (Lipinski definition) is 2. The fourth-order valence-electron chi connectivity index (χ4n) is 6.99. The first-order valence-corrected chi connectivity index (χ1v) is 15.2. The van der Waals surface area contributed by atoms with Crippen LogP contribution in [0.1, 0.15) is 15.9 Å². The van der Waals surface area contributed by atoms with Crippen LogP contribution in [0.25, 0.3) is 76.5 Å². The topological polar surface area (TPSA) is 143 Å². The highest BCUT2D eigenvalue weighted by Gasteiger charge is 2.19. The van der Waals surface area contributed by atoms with Gasteiger partial charge in [-0.3, -0.25) is 18.4 Å². The summed E-state index contributed by atoms with van der Waals surface area (Å²) >= 11 is 0. The Kier molecular flexibility index (Phi) is 6.76. The van der Waals surface area contributed by atoms with Gasteiger partial charge in [0, 0.05) is 32.3 Å². The van der Waals surface area contributed by atoms with Crippen molar-refractivity contribution in [2.24, 2.45) is 0 Å². The number of aliphatic hydroxyl groups is 1. The Hall–Kier alpha value is -6.78. The number of carboxylic acids is 1. The molecular formula is C39H24N4O6. The van der Waals surface area contributed by atoms with Gasteiger partial charge >= 0.3 is 5.97 Å². The molecule has 6 aromatic carbocycles. The van der Waals surface area contributed by atoms with Crippen molar-refractivity contribution >= 4 is 89.2 Å². The average molecular weight is 645 g/mol. The summed E-state index contributed by atoms with van der Waals surface area (Å²) in [6, 6.07) is 33.1. The third-order valence-corrected chi connectivity index (χ3v) is 9.04. The maximum absolute atomic E-state index is 13.0. The van der Waals surface area contributed by atoms with Crippen molar-refractivity contribution in [3.05, 3.63) is 141 Å². The molecule has 0 atom stereocenters. The third kappa shape index (κ3) is 4.18. The van der Waals surface area contributed by atoms with Crippen molar-refractivity contribution in [1.82, 2.24) is 18.8 Å². The van der Waals surface area contributed by atoms with Crippen molar-refractivity contribution in [2.45, 2.75) is 6.61 Å². The molecule has 10 aromatic rings. The van der Waals surface area contributed by atoms with Gasteiger partial charge in [-0.15, -0.1) is 0 Å². The number of para-hydroxylation sites is 4. The van der Waals surface area contributed by atoms with Crippen LogP contribution in [0.2, 0.25) is 0 Å². The average Bonchev–Trinajstić information content (AvgIpc) is 3.73. The van der Waals surface area contributed by atoms with Gasteiger partial charge in [0.1, 0.15) is 18.1 Å². The van der Waals surface area contributed by atoms with Gasteiger partial charge in [0.05, 0.1) is 34.2 Å². The first-order valence-electron chi connectivity index (χ1n) is 15.2. The molecule has 0 aliphatic carbocycles. The molecule has 4 heterocycles. The zero-order valence-corrected chi connectivity index (χ0v) is 25.6. The lowest BCUT2D eigenvalue weighted by Gasteiger charge is -2.09. The number of aromatic carboxylic acids is 1. The molecule has 0 saturated heterocycles. The van der Waals surface area contributed by atoms with Crippen LogP contribution in [0.5, 0.6) is 0 Å². The molecular weight excluding hydrogens is 620 g/mol. The zero-order valence-electron chi connectivity index (χ0n) is 25.6. The standard InChI is InChI=1S/C19H10N2O3.C19H12N2O2.CH2O/c22-18-13-5-3-4-10-11(19(23)24)8-9-12(16(10)13)17-20-14-6-1-2-7-15(14)21(17)18;22-10-11-8-9-14-17-12(11)4-3-5-13(17)18-20-15-6-1-2-7-16(15)21(18)19(14)23;1-2/h1-9H,(H,23,24);1-9,22H,10H2;1H2. The van der Waals surface area contributed by atoms with E-state index in [2.05, 4.69) is 9.97 Å². The predicted molar refractivity (Wildman–Crippen MR) is 190 cm³/mol. The monoisotopic (exact) mass is 644 g/mol. The Bertz CT molecular complexity index is 3060. The minimum atomic E-state index is -1.01. The number of carboxylic acid groups (broad SMARTS) is 1. The Morgan fingerprint density at radius 1 is 0.571 bits per heavy atom. The van der Waals surface area contributed by atoms with Crippen LogP contribution in [0, 0.1) is 0 Å². The molecule has 0 unspecified atom stereocenters. The predicted octanol–water partition coefficient (Wildman–Crippen LogP) is 6.19. The van der Waals surface area contributed by atoms with Crippen LogP contribution in [0.15, 0.2) is 119 Å². The van der Waals surface area contributed by atoms with Gasteiger partial charge in [-0.2, -0.15) is 0 Å². The fraction of sp³-hybridized carbons (Fsp3) is 0.0256. The van der Waals surface area contributed by atoms with Crippen molar-refractivity contribution in [3.8, 4) is 0 Å². The smallest absolute Gasteiger partial charge is 0.336 e. The quantitative estimate of drug-likeness (QED) is 0.227. The van der Waals surface area contributed by atoms with Crippen LogP contribution < -0.4 is 11.1 Å². The summed E-state index contributed by atoms with van der Waals surface area (Å²) in [5.41, 5.74) is 5.11. The minimum absolute atomic E-state index is 0.0508. The van der Waals surface area contributed by atoms with Gasteiger partial charge in [0.25, 0.3) is 11.1 Å². The van der Waals surface area contributed by atoms with E-state index in [0.717, 1.165) is 49.2 Å². The SMILES string of the molecule is C=O.O=C(O)c1ccc2c3c1cccc3c(=O)n1c3ccccc3nc21.O=c1c2ccc(CO)c3cccc(c32)c2nc3ccccc3n12. The summed E-state index contributed by atoms with van der Waals surface area (Å²) in [6.45, 7) is 1.95. The summed E-state index contributed by atoms with van der Waals surface area (Å²) in [5.74, 6) is -1.01. The lowest BCUT2D eigenvalue weighted by molar-refractivity contribution is -0.0980. The highest BCUT2D eigenvalue weighted by molar-refractivity contribution is 6.20. The molecule has 49 heavy (non-hydrogen) atoms. The van der Waals surface area contributed by atoms with Gasteiger partial charge in [-0.25, -0.2) is 14.8 Å². The Balaban J connectivity index is 0.000000136. The molecule has 2 N–H and O–H groups in total. The molecule has 0 saturated carbocycles. The second-order valence-corrected chi connectivity index (χ2v) is 11.5. The first-order chi connectivity index (χ1) is 24.0. The van der Waals surface area contributed by atoms with Crippen molar-refractivity contribution < 1.29 is 19.8 Å². The summed E-state index contributed by atoms with van der Waals surface area (Å²) < 4.78 is 3.29. The van der Waals surface area contributed by atoms with Gasteiger partial charge in [-0.05, 0) is 64.9 Å². The number of hydrogen-bond acceptors (Lipinski definition) is 7. The van der Waals surface area contributed by atoms with E-state index in [1.54, 1.807) is 45.2 Å². The molecule has 0 spiro atoms. The van der Waals surface area contributed by atoms with E-state index in [1.807, 2.05) is 79.6 Å². The van der Waals surface area contributed by atoms with Gasteiger partial charge in [-0.1, -0.05) is 60.7 Å². The van der Waals surface area contributed by atoms with E-state index in [4.69, 9.17) is 4.79 Å². The number of nitrogens with zero attached hydrogens (tertiary/aromatic N) is 4. The Morgan fingerprint density at radius 3 is 1.63 bits per heavy atom. The molecule has 0 fully saturated rings. The van der Waals surface area contributed by atoms with E-state index in [0.29, 0.717) is 32.8 Å². The molecule has 10 nitrogen and oxygen atoms in total. The largest absolute Gasteiger partial charge is 0.478 e. The summed E-state index contributed by atoms with van der Waals surface area (Å²) in [5, 5.41) is 24.9. The number of aromatic nitrogens is 4. The molecule has 236 valence electrons. The number of rotatable bonds is 2. The molecule has 0 aliphatic heterocycles. The lowest BCUT2D eigenvalue weighted by Crippen LogP contribution is -2.13. The highest BCUT2D eigenvalue weighted by atomic mass is 16.4. The van der Waals surface area contributed by atoms with Crippen LogP contribution in [-0.2, 0) is 11.4 Å². The number of aliphatic hydroxyl groups excluding tert-OH is 1. The van der Waals surface area contributed by atoms with Crippen LogP contribution in [0.4, 0.5) is 0 Å². The summed E-state index contributed by atoms with van der Waals surface area (Å²) in [4.78, 5) is 54.8. The second-order valence-electron chi connectivity index (χ2n) is 11.5. The molecule has 4 aromatic heterocycles. The maximum atomic E-state index is 13.0.